The molecule has 3 aromatic rings. The van der Waals surface area contributed by atoms with Gasteiger partial charge in [-0.3, -0.25) is 0 Å². The highest BCUT2D eigenvalue weighted by Crippen LogP contribution is 2.52. The van der Waals surface area contributed by atoms with Crippen LogP contribution < -0.4 is 13.6 Å². The second-order valence-corrected chi connectivity index (χ2v) is 19.4. The molecule has 0 bridgehead atoms. The summed E-state index contributed by atoms with van der Waals surface area (Å²) < 4.78 is 21.2. The predicted molar refractivity (Wildman–Crippen MR) is 219 cm³/mol. The van der Waals surface area contributed by atoms with Crippen LogP contribution >= 0.6 is 8.60 Å². The molecule has 0 amide bonds. The van der Waals surface area contributed by atoms with E-state index in [1.54, 1.807) is 0 Å². The van der Waals surface area contributed by atoms with Gasteiger partial charge in [0.15, 0.2) is 0 Å². The third kappa shape index (κ3) is 11.8. The Bertz CT molecular complexity index is 1350. The normalized spacial score (nSPS) is 12.8. The van der Waals surface area contributed by atoms with Crippen molar-refractivity contribution < 1.29 is 13.6 Å². The number of aryl methyl sites for hydroxylation is 3. The first-order valence-corrected chi connectivity index (χ1v) is 20.6. The minimum Gasteiger partial charge on any atom is -0.409 e. The second kappa shape index (κ2) is 17.3. The van der Waals surface area contributed by atoms with Crippen molar-refractivity contribution in [2.75, 3.05) is 0 Å². The van der Waals surface area contributed by atoms with Crippen LogP contribution in [0.2, 0.25) is 0 Å². The zero-order chi connectivity index (χ0) is 37.5. The molecular formula is C46H71O3P. The SMILES string of the molecule is CCCCCCCCc1ccc(OP(Oc2c(C(C)(C)C)cc(CC)cc2C(C)(C)C)Oc2c(C(C)(C)C)cc(CC)cc2C(C)(C)C)cc1. The molecule has 0 aliphatic heterocycles. The number of hydrogen-bond donors (Lipinski definition) is 0. The molecule has 3 rings (SSSR count). The third-order valence-corrected chi connectivity index (χ3v) is 10.6. The van der Waals surface area contributed by atoms with E-state index in [1.165, 1.54) is 77.5 Å². The number of unbranched alkanes of at least 4 members (excludes halogenated alkanes) is 5. The summed E-state index contributed by atoms with van der Waals surface area (Å²) in [5.41, 5.74) is 8.15. The van der Waals surface area contributed by atoms with Gasteiger partial charge in [0.25, 0.3) is 0 Å². The molecule has 0 aliphatic rings. The standard InChI is InChI=1S/C46H71O3P/c1-16-19-20-21-22-23-24-35-25-27-36(28-26-35)47-50(48-41-37(43(4,5)6)29-33(17-2)30-38(41)44(7,8)9)49-42-39(45(10,11)12)31-34(18-3)32-40(42)46(13,14)15/h25-32H,16-24H2,1-15H3. The van der Waals surface area contributed by atoms with Crippen LogP contribution in [0.15, 0.2) is 48.5 Å². The highest BCUT2D eigenvalue weighted by atomic mass is 31.2. The fourth-order valence-electron chi connectivity index (χ4n) is 6.33. The summed E-state index contributed by atoms with van der Waals surface area (Å²) in [5.74, 6) is 2.53. The first-order chi connectivity index (χ1) is 23.2. The van der Waals surface area contributed by atoms with Gasteiger partial charge in [-0.05, 0) is 76.2 Å². The van der Waals surface area contributed by atoms with Crippen molar-refractivity contribution in [2.45, 2.75) is 183 Å². The van der Waals surface area contributed by atoms with Crippen LogP contribution in [-0.2, 0) is 40.9 Å². The molecule has 3 nitrogen and oxygen atoms in total. The Hall–Kier alpha value is -2.51. The average Bonchev–Trinajstić information content (AvgIpc) is 3.01. The maximum atomic E-state index is 7.19. The molecule has 0 aromatic heterocycles. The first kappa shape index (κ1) is 41.9. The van der Waals surface area contributed by atoms with E-state index >= 15 is 0 Å². The molecule has 50 heavy (non-hydrogen) atoms. The van der Waals surface area contributed by atoms with E-state index in [-0.39, 0.29) is 21.7 Å². The van der Waals surface area contributed by atoms with Crippen LogP contribution in [0, 0.1) is 0 Å². The van der Waals surface area contributed by atoms with Gasteiger partial charge in [-0.15, -0.1) is 0 Å². The van der Waals surface area contributed by atoms with E-state index in [0.717, 1.165) is 36.5 Å². The molecule has 4 heteroatoms. The summed E-state index contributed by atoms with van der Waals surface area (Å²) in [7, 11) is -1.90. The zero-order valence-electron chi connectivity index (χ0n) is 34.7. The van der Waals surface area contributed by atoms with E-state index in [9.17, 15) is 0 Å². The van der Waals surface area contributed by atoms with E-state index in [4.69, 9.17) is 13.6 Å². The number of benzene rings is 3. The van der Waals surface area contributed by atoms with Crippen LogP contribution in [0.1, 0.15) is 181 Å². The van der Waals surface area contributed by atoms with Gasteiger partial charge in [0.2, 0.25) is 0 Å². The van der Waals surface area contributed by atoms with Crippen LogP contribution in [-0.4, -0.2) is 0 Å². The van der Waals surface area contributed by atoms with Crippen molar-refractivity contribution in [2.24, 2.45) is 0 Å². The largest absolute Gasteiger partial charge is 0.530 e. The van der Waals surface area contributed by atoms with Gasteiger partial charge in [0, 0.05) is 22.3 Å². The highest BCUT2D eigenvalue weighted by Gasteiger charge is 2.35. The Morgan fingerprint density at radius 2 is 0.800 bits per heavy atom. The second-order valence-electron chi connectivity index (χ2n) is 18.4. The topological polar surface area (TPSA) is 27.7 Å². The van der Waals surface area contributed by atoms with Gasteiger partial charge in [-0.25, -0.2) is 0 Å². The molecule has 0 atom stereocenters. The molecule has 278 valence electrons. The lowest BCUT2D eigenvalue weighted by Crippen LogP contribution is -2.22. The summed E-state index contributed by atoms with van der Waals surface area (Å²) in [6.45, 7) is 34.0. The van der Waals surface area contributed by atoms with Crippen molar-refractivity contribution in [3.63, 3.8) is 0 Å². The van der Waals surface area contributed by atoms with Crippen LogP contribution in [0.3, 0.4) is 0 Å². The Kier molecular flexibility index (Phi) is 14.5. The van der Waals surface area contributed by atoms with Gasteiger partial charge >= 0.3 is 8.60 Å². The molecule has 0 radical (unpaired) electrons. The molecule has 0 fully saturated rings. The van der Waals surface area contributed by atoms with E-state index in [0.29, 0.717) is 0 Å². The average molecular weight is 703 g/mol. The number of rotatable bonds is 15. The summed E-state index contributed by atoms with van der Waals surface area (Å²) >= 11 is 0. The van der Waals surface area contributed by atoms with Gasteiger partial charge in [0.1, 0.15) is 17.2 Å². The molecule has 0 spiro atoms. The minimum atomic E-state index is -1.90. The molecule has 0 unspecified atom stereocenters. The van der Waals surface area contributed by atoms with Crippen LogP contribution in [0.4, 0.5) is 0 Å². The number of hydrogen-bond acceptors (Lipinski definition) is 3. The summed E-state index contributed by atoms with van der Waals surface area (Å²) in [6.07, 6.45) is 10.8. The fourth-order valence-corrected chi connectivity index (χ4v) is 7.43. The molecule has 0 N–H and O–H groups in total. The lowest BCUT2D eigenvalue weighted by atomic mass is 9.78. The Morgan fingerprint density at radius 1 is 0.440 bits per heavy atom. The van der Waals surface area contributed by atoms with E-state index in [2.05, 4.69) is 152 Å². The predicted octanol–water partition coefficient (Wildman–Crippen LogP) is 14.7. The molecule has 0 saturated carbocycles. The molecular weight excluding hydrogens is 631 g/mol. The van der Waals surface area contributed by atoms with Crippen molar-refractivity contribution in [3.8, 4) is 17.2 Å². The maximum absolute atomic E-state index is 7.19. The Morgan fingerprint density at radius 3 is 1.14 bits per heavy atom. The molecule has 3 aromatic carbocycles. The highest BCUT2D eigenvalue weighted by molar-refractivity contribution is 7.43. The van der Waals surface area contributed by atoms with E-state index < -0.39 is 8.60 Å². The quantitative estimate of drug-likeness (QED) is 0.117. The van der Waals surface area contributed by atoms with Gasteiger partial charge in [-0.2, -0.15) is 0 Å². The molecule has 0 heterocycles. The maximum Gasteiger partial charge on any atom is 0.530 e. The fraction of sp³-hybridized carbons (Fsp3) is 0.609. The van der Waals surface area contributed by atoms with Crippen LogP contribution in [0.25, 0.3) is 0 Å². The third-order valence-electron chi connectivity index (χ3n) is 9.60. The molecule has 0 aliphatic carbocycles. The Labute approximate surface area is 309 Å². The monoisotopic (exact) mass is 703 g/mol. The van der Waals surface area contributed by atoms with Crippen molar-refractivity contribution >= 4 is 8.60 Å². The zero-order valence-corrected chi connectivity index (χ0v) is 35.5. The first-order valence-electron chi connectivity index (χ1n) is 19.5. The van der Waals surface area contributed by atoms with Gasteiger partial charge in [-0.1, -0.05) is 172 Å². The van der Waals surface area contributed by atoms with Crippen molar-refractivity contribution in [1.82, 2.24) is 0 Å². The lowest BCUT2D eigenvalue weighted by Gasteiger charge is -2.33. The van der Waals surface area contributed by atoms with Crippen LogP contribution in [0.5, 0.6) is 17.2 Å². The van der Waals surface area contributed by atoms with Gasteiger partial charge in [0.05, 0.1) is 0 Å². The van der Waals surface area contributed by atoms with E-state index in [1.807, 2.05) is 0 Å². The molecule has 0 saturated heterocycles. The Balaban J connectivity index is 2.16. The summed E-state index contributed by atoms with van der Waals surface area (Å²) in [5, 5.41) is 0. The minimum absolute atomic E-state index is 0.143. The summed E-state index contributed by atoms with van der Waals surface area (Å²) in [4.78, 5) is 0. The van der Waals surface area contributed by atoms with Gasteiger partial charge < -0.3 is 13.6 Å². The lowest BCUT2D eigenvalue weighted by molar-refractivity contribution is 0.366. The van der Waals surface area contributed by atoms with Crippen molar-refractivity contribution in [1.29, 1.82) is 0 Å². The summed E-state index contributed by atoms with van der Waals surface area (Å²) in [6, 6.07) is 17.9. The van der Waals surface area contributed by atoms with Crippen molar-refractivity contribution in [3.05, 3.63) is 87.5 Å². The smallest absolute Gasteiger partial charge is 0.409 e.